The normalized spacial score (nSPS) is 32.8. The van der Waals surface area contributed by atoms with E-state index in [0.717, 1.165) is 30.0 Å². The Bertz CT molecular complexity index is 2400. The standard InChI is InChI=1S/C59H85F2N5O12/c1-10-41-28-37(7)59(64-54(41)72)26-25-36(6)50(78-59)32-47(69)34(4)18-13-11-14-19-35(5)49-22-16-12-15-21-46(68)39(9)53(71)42(24-23-38(8)67)55(73)63-52(33(2)3)56(74)62-45(30-40-29-43(60)51(61)48(70)31-40)57(75)66-27-17-20-44(65-66)58(76)77-49/h11-12,14-16,19,21,25-26,29,31,33-34,36-37,39,41-42,44-47,49-50,52-53,65,68-71H,10,13,17-18,20,22-24,27-28,30,32H2,1-9H3,(H,62,74)(H,63,73)(H,64,72)/b14-11-,16-12+,21-15+,35-19+/t34-,36+,37-,39-,41-,42+,44?,45-,46-,47-,49-,50+,52-,53+,59-/m0/s1. The Labute approximate surface area is 458 Å². The Hall–Kier alpha value is -5.60. The number of carbonyl (C=O) groups excluding carboxylic acids is 6. The monoisotopic (exact) mass is 1090 g/mol. The third kappa shape index (κ3) is 17.0. The van der Waals surface area contributed by atoms with E-state index in [1.807, 2.05) is 45.1 Å². The van der Waals surface area contributed by atoms with Gasteiger partial charge < -0.3 is 50.6 Å². The number of nitrogens with zero attached hydrogens (tertiary/aromatic N) is 1. The zero-order chi connectivity index (χ0) is 57.6. The highest BCUT2D eigenvalue weighted by Crippen LogP contribution is 2.39. The molecule has 4 aliphatic heterocycles. The van der Waals surface area contributed by atoms with Crippen molar-refractivity contribution in [2.45, 2.75) is 187 Å². The van der Waals surface area contributed by atoms with Crippen LogP contribution in [0.4, 0.5) is 8.78 Å². The Balaban J connectivity index is 1.36. The van der Waals surface area contributed by atoms with Crippen molar-refractivity contribution in [1.82, 2.24) is 26.4 Å². The molecule has 15 atom stereocenters. The molecule has 0 aliphatic carbocycles. The number of fused-ring (bicyclic) bond motifs is 2. The number of piperidine rings is 1. The van der Waals surface area contributed by atoms with Crippen molar-refractivity contribution in [3.05, 3.63) is 89.6 Å². The molecule has 4 amide bonds. The molecule has 0 aromatic heterocycles. The van der Waals surface area contributed by atoms with Crippen LogP contribution in [0.3, 0.4) is 0 Å². The number of allylic oxidation sites excluding steroid dienone is 5. The molecule has 4 aliphatic rings. The number of halogens is 2. The van der Waals surface area contributed by atoms with Crippen molar-refractivity contribution < 1.29 is 67.4 Å². The van der Waals surface area contributed by atoms with Crippen LogP contribution >= 0.6 is 0 Å². The van der Waals surface area contributed by atoms with Crippen LogP contribution in [-0.2, 0) is 44.7 Å². The van der Waals surface area contributed by atoms with Crippen LogP contribution in [-0.4, -0.2) is 122 Å². The lowest BCUT2D eigenvalue weighted by atomic mass is 9.78. The number of phenols is 1. The SMILES string of the molecule is CC[C@H]1C[C@H](C)[C@@]2(C=C[C@@H](C)[C@@H](C[C@H](O)[C@@H](C)CC/C=C\C=C(/C)[C@@H]3C/C=C/C=C/[C@H](O)[C@H](C)[C@@H](O)[C@@H](CCC(C)=O)C(=O)N[C@@H](C(C)C)C(=O)N[C@@H](Cc4cc(O)c(F)c(F)c4)C(=O)N4CCCC(N4)C(=O)O3)O2)NC1=O. The summed E-state index contributed by atoms with van der Waals surface area (Å²) in [6.45, 7) is 16.1. The summed E-state index contributed by atoms with van der Waals surface area (Å²) in [5, 5.41) is 53.9. The minimum absolute atomic E-state index is 0.0150. The predicted octanol–water partition coefficient (Wildman–Crippen LogP) is 6.24. The third-order valence-corrected chi connectivity index (χ3v) is 16.0. The quantitative estimate of drug-likeness (QED) is 0.0551. The second-order valence-corrected chi connectivity index (χ2v) is 22.5. The van der Waals surface area contributed by atoms with Crippen LogP contribution in [0.25, 0.3) is 0 Å². The van der Waals surface area contributed by atoms with Crippen molar-refractivity contribution in [2.75, 3.05) is 6.54 Å². The molecule has 2 saturated heterocycles. The lowest BCUT2D eigenvalue weighted by Gasteiger charge is -2.48. The fourth-order valence-electron chi connectivity index (χ4n) is 10.5. The first-order valence-corrected chi connectivity index (χ1v) is 27.8. The minimum atomic E-state index is -1.52. The molecule has 19 heteroatoms. The number of phenolic OH excluding ortho intramolecular Hbond substituents is 1. The van der Waals surface area contributed by atoms with Gasteiger partial charge in [0.25, 0.3) is 5.91 Å². The Kier molecular flexibility index (Phi) is 23.5. The number of carbonyl (C=O) groups is 6. The summed E-state index contributed by atoms with van der Waals surface area (Å²) in [5.41, 5.74) is 2.66. The van der Waals surface area contributed by atoms with E-state index in [1.54, 1.807) is 39.0 Å². The van der Waals surface area contributed by atoms with E-state index in [0.29, 0.717) is 31.3 Å². The number of esters is 1. The second-order valence-electron chi connectivity index (χ2n) is 22.5. The van der Waals surface area contributed by atoms with Crippen LogP contribution < -0.4 is 21.4 Å². The minimum Gasteiger partial charge on any atom is -0.505 e. The number of ketones is 1. The second kappa shape index (κ2) is 29.0. The van der Waals surface area contributed by atoms with E-state index in [1.165, 1.54) is 19.9 Å². The first-order valence-electron chi connectivity index (χ1n) is 27.8. The zero-order valence-electron chi connectivity index (χ0n) is 46.8. The molecule has 1 spiro atoms. The van der Waals surface area contributed by atoms with Crippen LogP contribution in [0, 0.1) is 53.1 Å². The highest BCUT2D eigenvalue weighted by Gasteiger charge is 2.48. The van der Waals surface area contributed by atoms with E-state index in [4.69, 9.17) is 9.47 Å². The number of nitrogens with one attached hydrogen (secondary N) is 4. The topological polar surface area (TPSA) is 253 Å². The number of benzene rings is 1. The van der Waals surface area contributed by atoms with Gasteiger partial charge in [-0.15, -0.1) is 0 Å². The van der Waals surface area contributed by atoms with E-state index >= 15 is 0 Å². The van der Waals surface area contributed by atoms with Gasteiger partial charge in [0.2, 0.25) is 17.7 Å². The molecule has 4 heterocycles. The molecule has 2 fully saturated rings. The molecule has 0 radical (unpaired) electrons. The average molecular weight is 1090 g/mol. The lowest BCUT2D eigenvalue weighted by molar-refractivity contribution is -0.174. The van der Waals surface area contributed by atoms with Gasteiger partial charge in [0, 0.05) is 55.9 Å². The first kappa shape index (κ1) is 63.2. The van der Waals surface area contributed by atoms with Crippen molar-refractivity contribution in [1.29, 1.82) is 0 Å². The predicted molar refractivity (Wildman–Crippen MR) is 289 cm³/mol. The first-order chi connectivity index (χ1) is 36.9. The van der Waals surface area contributed by atoms with E-state index in [2.05, 4.69) is 34.4 Å². The highest BCUT2D eigenvalue weighted by atomic mass is 19.2. The van der Waals surface area contributed by atoms with E-state index in [-0.39, 0.29) is 79.3 Å². The maximum Gasteiger partial charge on any atom is 0.325 e. The maximum atomic E-state index is 14.6. The number of Topliss-reactive ketones (excluding diaryl/α,β-unsaturated/α-hetero) is 1. The van der Waals surface area contributed by atoms with Crippen LogP contribution in [0.2, 0.25) is 0 Å². The zero-order valence-corrected chi connectivity index (χ0v) is 46.8. The number of hydrogen-bond donors (Lipinski definition) is 8. The summed E-state index contributed by atoms with van der Waals surface area (Å²) in [4.78, 5) is 81.9. The number of hydrogen-bond acceptors (Lipinski definition) is 13. The molecular formula is C59H85F2N5O12. The molecular weight excluding hydrogens is 1010 g/mol. The summed E-state index contributed by atoms with van der Waals surface area (Å²) in [7, 11) is 0. The summed E-state index contributed by atoms with van der Waals surface area (Å²) in [5.74, 6) is -10.1. The molecule has 1 aromatic rings. The van der Waals surface area contributed by atoms with Gasteiger partial charge in [0.15, 0.2) is 23.1 Å². The largest absolute Gasteiger partial charge is 0.505 e. The van der Waals surface area contributed by atoms with Crippen LogP contribution in [0.1, 0.15) is 132 Å². The number of ether oxygens (including phenoxy) is 2. The highest BCUT2D eigenvalue weighted by molar-refractivity contribution is 5.93. The molecule has 432 valence electrons. The van der Waals surface area contributed by atoms with E-state index < -0.39 is 114 Å². The molecule has 5 rings (SSSR count). The number of cyclic esters (lactones) is 1. The molecule has 78 heavy (non-hydrogen) atoms. The number of hydrazine groups is 1. The van der Waals surface area contributed by atoms with Crippen molar-refractivity contribution in [3.63, 3.8) is 0 Å². The summed E-state index contributed by atoms with van der Waals surface area (Å²) in [6.07, 6.45) is 14.8. The van der Waals surface area contributed by atoms with Gasteiger partial charge in [-0.25, -0.2) is 9.82 Å². The number of amides is 4. The van der Waals surface area contributed by atoms with E-state index in [9.17, 15) is 58.0 Å². The van der Waals surface area contributed by atoms with Crippen LogP contribution in [0.15, 0.2) is 72.4 Å². The summed E-state index contributed by atoms with van der Waals surface area (Å²) >= 11 is 0. The van der Waals surface area contributed by atoms with Gasteiger partial charge in [0.1, 0.15) is 30.0 Å². The number of aliphatic hydroxyl groups is 3. The molecule has 0 saturated carbocycles. The lowest BCUT2D eigenvalue weighted by Crippen LogP contribution is -2.62. The van der Waals surface area contributed by atoms with Gasteiger partial charge in [0.05, 0.1) is 30.3 Å². The smallest absolute Gasteiger partial charge is 0.325 e. The molecule has 8 N–H and O–H groups in total. The van der Waals surface area contributed by atoms with Crippen molar-refractivity contribution in [3.8, 4) is 5.75 Å². The van der Waals surface area contributed by atoms with Crippen LogP contribution in [0.5, 0.6) is 5.75 Å². The molecule has 2 bridgehead atoms. The Morgan fingerprint density at radius 3 is 2.40 bits per heavy atom. The molecule has 1 unspecified atom stereocenters. The fraction of sp³-hybridized carbons (Fsp3) is 0.627. The number of rotatable bonds is 15. The van der Waals surface area contributed by atoms with Gasteiger partial charge in [-0.2, -0.15) is 4.39 Å². The van der Waals surface area contributed by atoms with Gasteiger partial charge in [-0.3, -0.25) is 29.0 Å². The average Bonchev–Trinajstić information content (AvgIpc) is 3.43. The maximum absolute atomic E-state index is 14.6. The third-order valence-electron chi connectivity index (χ3n) is 16.0. The molecule has 17 nitrogen and oxygen atoms in total. The van der Waals surface area contributed by atoms with Gasteiger partial charge in [-0.1, -0.05) is 97.1 Å². The number of aliphatic hydroxyl groups excluding tert-OH is 3. The Morgan fingerprint density at radius 2 is 1.72 bits per heavy atom. The summed E-state index contributed by atoms with van der Waals surface area (Å²) < 4.78 is 41.6. The fourth-order valence-corrected chi connectivity index (χ4v) is 10.5. The number of aromatic hydroxyl groups is 1. The van der Waals surface area contributed by atoms with Crippen molar-refractivity contribution in [2.24, 2.45) is 41.4 Å². The Morgan fingerprint density at radius 1 is 0.987 bits per heavy atom. The van der Waals surface area contributed by atoms with Gasteiger partial charge >= 0.3 is 5.97 Å². The van der Waals surface area contributed by atoms with Crippen molar-refractivity contribution >= 4 is 35.4 Å². The van der Waals surface area contributed by atoms with Gasteiger partial charge in [-0.05, 0) is 100.0 Å². The molecule has 1 aromatic carbocycles. The summed E-state index contributed by atoms with van der Waals surface area (Å²) in [6, 6.07) is -2.18.